The average molecular weight is 407 g/mol. The maximum absolute atomic E-state index is 5.91. The molecule has 2 N–H and O–H groups in total. The fourth-order valence-electron chi connectivity index (χ4n) is 3.08. The number of rotatable bonds is 5. The van der Waals surface area contributed by atoms with Crippen LogP contribution in [-0.2, 0) is 13.1 Å². The topological polar surface area (TPSA) is 41.9 Å². The molecule has 0 unspecified atom stereocenters. The predicted octanol–water partition coefficient (Wildman–Crippen LogP) is 5.22. The molecule has 4 rings (SSSR count). The molecule has 6 heteroatoms. The van der Waals surface area contributed by atoms with E-state index in [1.807, 2.05) is 35.1 Å². The Morgan fingerprint density at radius 2 is 1.79 bits per heavy atom. The molecule has 0 atom stereocenters. The first kappa shape index (κ1) is 18.5. The maximum Gasteiger partial charge on any atom is 0.171 e. The molecule has 0 spiro atoms. The van der Waals surface area contributed by atoms with Crippen molar-refractivity contribution >= 4 is 45.4 Å². The summed E-state index contributed by atoms with van der Waals surface area (Å²) in [4.78, 5) is 0. The Morgan fingerprint density at radius 3 is 2.64 bits per heavy atom. The van der Waals surface area contributed by atoms with Crippen LogP contribution in [0.3, 0.4) is 0 Å². The zero-order valence-electron chi connectivity index (χ0n) is 15.1. The van der Waals surface area contributed by atoms with E-state index in [4.69, 9.17) is 23.8 Å². The number of thiocarbonyl (C=S) groups is 1. The first-order valence-electron chi connectivity index (χ1n) is 8.96. The molecule has 0 radical (unpaired) electrons. The number of fused-ring (bicyclic) bond motifs is 1. The molecule has 0 aliphatic rings. The van der Waals surface area contributed by atoms with Crippen LogP contribution < -0.4 is 10.6 Å². The van der Waals surface area contributed by atoms with Crippen LogP contribution in [0.1, 0.15) is 11.1 Å². The van der Waals surface area contributed by atoms with Gasteiger partial charge in [0.2, 0.25) is 0 Å². The first-order valence-corrected chi connectivity index (χ1v) is 9.74. The quantitative estimate of drug-likeness (QED) is 0.445. The van der Waals surface area contributed by atoms with Crippen molar-refractivity contribution in [1.82, 2.24) is 15.1 Å². The van der Waals surface area contributed by atoms with Crippen LogP contribution >= 0.6 is 23.8 Å². The molecular weight excluding hydrogens is 388 g/mol. The number of aromatic nitrogens is 2. The second-order valence-corrected chi connectivity index (χ2v) is 7.34. The average Bonchev–Trinajstić information content (AvgIpc) is 3.14. The maximum atomic E-state index is 5.91. The van der Waals surface area contributed by atoms with Crippen molar-refractivity contribution in [3.05, 3.63) is 95.3 Å². The highest BCUT2D eigenvalue weighted by Crippen LogP contribution is 2.19. The molecule has 3 aromatic carbocycles. The molecule has 0 fully saturated rings. The molecule has 4 aromatic rings. The Hall–Kier alpha value is -2.89. The van der Waals surface area contributed by atoms with Gasteiger partial charge in [-0.2, -0.15) is 5.10 Å². The molecule has 28 heavy (non-hydrogen) atoms. The summed E-state index contributed by atoms with van der Waals surface area (Å²) < 4.78 is 1.91. The third-order valence-electron chi connectivity index (χ3n) is 4.47. The second-order valence-electron chi connectivity index (χ2n) is 6.50. The first-order chi connectivity index (χ1) is 13.7. The van der Waals surface area contributed by atoms with Crippen LogP contribution in [0.4, 0.5) is 5.69 Å². The molecule has 0 bridgehead atoms. The summed E-state index contributed by atoms with van der Waals surface area (Å²) >= 11 is 11.3. The molecule has 140 valence electrons. The highest BCUT2D eigenvalue weighted by atomic mass is 35.5. The van der Waals surface area contributed by atoms with Gasteiger partial charge in [0.25, 0.3) is 0 Å². The van der Waals surface area contributed by atoms with E-state index in [9.17, 15) is 0 Å². The van der Waals surface area contributed by atoms with Crippen molar-refractivity contribution in [2.24, 2.45) is 0 Å². The lowest BCUT2D eigenvalue weighted by molar-refractivity contribution is 0.690. The smallest absolute Gasteiger partial charge is 0.171 e. The molecule has 0 saturated heterocycles. The molecule has 1 heterocycles. The lowest BCUT2D eigenvalue weighted by atomic mass is 10.0. The van der Waals surface area contributed by atoms with E-state index >= 15 is 0 Å². The highest BCUT2D eigenvalue weighted by molar-refractivity contribution is 7.80. The van der Waals surface area contributed by atoms with Crippen LogP contribution in [0.15, 0.2) is 79.1 Å². The van der Waals surface area contributed by atoms with E-state index in [0.29, 0.717) is 18.2 Å². The van der Waals surface area contributed by atoms with Crippen molar-refractivity contribution in [1.29, 1.82) is 0 Å². The standard InChI is InChI=1S/C22H19ClN4S/c23-19-10-8-16(9-11-19)12-24-22(28)26-20-13-25-27(15-20)14-18-6-3-5-17-4-1-2-7-21(17)18/h1-11,13,15H,12,14H2,(H2,24,26,28). The molecule has 1 aromatic heterocycles. The van der Waals surface area contributed by atoms with Gasteiger partial charge in [-0.1, -0.05) is 66.2 Å². The molecule has 0 saturated carbocycles. The summed E-state index contributed by atoms with van der Waals surface area (Å²) in [6, 6.07) is 22.4. The molecule has 0 amide bonds. The summed E-state index contributed by atoms with van der Waals surface area (Å²) in [5, 5.41) is 14.6. The Balaban J connectivity index is 1.37. The van der Waals surface area contributed by atoms with Gasteiger partial charge >= 0.3 is 0 Å². The van der Waals surface area contributed by atoms with Gasteiger partial charge in [-0.25, -0.2) is 0 Å². The fourth-order valence-corrected chi connectivity index (χ4v) is 3.40. The molecule has 0 aliphatic heterocycles. The van der Waals surface area contributed by atoms with Gasteiger partial charge in [0.05, 0.1) is 18.4 Å². The third kappa shape index (κ3) is 4.50. The summed E-state index contributed by atoms with van der Waals surface area (Å²) in [6.45, 7) is 1.33. The third-order valence-corrected chi connectivity index (χ3v) is 4.97. The molecule has 4 nitrogen and oxygen atoms in total. The van der Waals surface area contributed by atoms with Crippen LogP contribution in [0.5, 0.6) is 0 Å². The Bertz CT molecular complexity index is 1100. The summed E-state index contributed by atoms with van der Waals surface area (Å²) in [7, 11) is 0. The monoisotopic (exact) mass is 406 g/mol. The fraction of sp³-hybridized carbons (Fsp3) is 0.0909. The Morgan fingerprint density at radius 1 is 1.00 bits per heavy atom. The minimum absolute atomic E-state index is 0.555. The van der Waals surface area contributed by atoms with E-state index in [2.05, 4.69) is 58.2 Å². The van der Waals surface area contributed by atoms with Crippen molar-refractivity contribution in [2.75, 3.05) is 5.32 Å². The largest absolute Gasteiger partial charge is 0.358 e. The number of nitrogens with one attached hydrogen (secondary N) is 2. The number of nitrogens with zero attached hydrogens (tertiary/aromatic N) is 2. The van der Waals surface area contributed by atoms with Gasteiger partial charge in [0.15, 0.2) is 5.11 Å². The summed E-state index contributed by atoms with van der Waals surface area (Å²) in [6.07, 6.45) is 3.74. The van der Waals surface area contributed by atoms with Gasteiger partial charge in [-0.15, -0.1) is 0 Å². The van der Waals surface area contributed by atoms with E-state index in [-0.39, 0.29) is 0 Å². The van der Waals surface area contributed by atoms with E-state index < -0.39 is 0 Å². The van der Waals surface area contributed by atoms with E-state index in [0.717, 1.165) is 16.3 Å². The van der Waals surface area contributed by atoms with Crippen LogP contribution in [0.2, 0.25) is 5.02 Å². The Kier molecular flexibility index (Phi) is 5.55. The normalized spacial score (nSPS) is 10.8. The number of benzene rings is 3. The minimum Gasteiger partial charge on any atom is -0.358 e. The minimum atomic E-state index is 0.555. The van der Waals surface area contributed by atoms with Crippen molar-refractivity contribution in [2.45, 2.75) is 13.1 Å². The Labute approximate surface area is 174 Å². The zero-order chi connectivity index (χ0) is 19.3. The van der Waals surface area contributed by atoms with Gasteiger partial charge in [0.1, 0.15) is 0 Å². The molecular formula is C22H19ClN4S. The van der Waals surface area contributed by atoms with Crippen molar-refractivity contribution in [3.63, 3.8) is 0 Å². The van der Waals surface area contributed by atoms with Crippen LogP contribution in [-0.4, -0.2) is 14.9 Å². The number of anilines is 1. The second kappa shape index (κ2) is 8.42. The van der Waals surface area contributed by atoms with E-state index in [1.165, 1.54) is 16.3 Å². The van der Waals surface area contributed by atoms with Gasteiger partial charge in [-0.05, 0) is 46.2 Å². The van der Waals surface area contributed by atoms with Gasteiger partial charge in [-0.3, -0.25) is 4.68 Å². The van der Waals surface area contributed by atoms with Crippen LogP contribution in [0, 0.1) is 0 Å². The van der Waals surface area contributed by atoms with Crippen molar-refractivity contribution in [3.8, 4) is 0 Å². The lowest BCUT2D eigenvalue weighted by Crippen LogP contribution is -2.27. The molecule has 0 aliphatic carbocycles. The highest BCUT2D eigenvalue weighted by Gasteiger charge is 2.05. The number of hydrogen-bond donors (Lipinski definition) is 2. The number of halogens is 1. The van der Waals surface area contributed by atoms with E-state index in [1.54, 1.807) is 6.20 Å². The van der Waals surface area contributed by atoms with Gasteiger partial charge < -0.3 is 10.6 Å². The SMILES string of the molecule is S=C(NCc1ccc(Cl)cc1)Nc1cnn(Cc2cccc3ccccc23)c1. The summed E-state index contributed by atoms with van der Waals surface area (Å²) in [5.74, 6) is 0. The predicted molar refractivity (Wildman–Crippen MR) is 120 cm³/mol. The lowest BCUT2D eigenvalue weighted by Gasteiger charge is -2.09. The van der Waals surface area contributed by atoms with Crippen molar-refractivity contribution < 1.29 is 0 Å². The number of hydrogen-bond acceptors (Lipinski definition) is 2. The van der Waals surface area contributed by atoms with Crippen LogP contribution in [0.25, 0.3) is 10.8 Å². The van der Waals surface area contributed by atoms with Gasteiger partial charge in [0, 0.05) is 17.8 Å². The summed E-state index contributed by atoms with van der Waals surface area (Å²) in [5.41, 5.74) is 3.20. The zero-order valence-corrected chi connectivity index (χ0v) is 16.7.